The fourth-order valence-electron chi connectivity index (χ4n) is 2.08. The third kappa shape index (κ3) is 4.06. The largest absolute Gasteiger partial charge is 0.489 e. The van der Waals surface area contributed by atoms with Gasteiger partial charge in [0, 0.05) is 18.9 Å². The van der Waals surface area contributed by atoms with E-state index in [1.165, 1.54) is 5.56 Å². The first-order valence-corrected chi connectivity index (χ1v) is 7.17. The van der Waals surface area contributed by atoms with Gasteiger partial charge in [-0.1, -0.05) is 42.5 Å². The van der Waals surface area contributed by atoms with E-state index < -0.39 is 0 Å². The number of hydrogen-bond acceptors (Lipinski definition) is 4. The van der Waals surface area contributed by atoms with Gasteiger partial charge in [-0.3, -0.25) is 0 Å². The van der Waals surface area contributed by atoms with Crippen LogP contribution in [0.4, 0.5) is 5.95 Å². The number of hydrogen-bond donors (Lipinski definition) is 1. The van der Waals surface area contributed by atoms with Crippen molar-refractivity contribution in [3.63, 3.8) is 0 Å². The van der Waals surface area contributed by atoms with Gasteiger partial charge in [0.25, 0.3) is 0 Å². The molecule has 1 N–H and O–H groups in total. The first-order valence-electron chi connectivity index (χ1n) is 7.17. The first-order chi connectivity index (χ1) is 10.9. The molecule has 0 saturated carbocycles. The highest BCUT2D eigenvalue weighted by atomic mass is 16.5. The zero-order chi connectivity index (χ0) is 15.0. The van der Waals surface area contributed by atoms with Crippen LogP contribution in [0.2, 0.25) is 0 Å². The van der Waals surface area contributed by atoms with Crippen LogP contribution in [0.3, 0.4) is 0 Å². The molecule has 0 aliphatic heterocycles. The average Bonchev–Trinajstić information content (AvgIpc) is 2.60. The van der Waals surface area contributed by atoms with E-state index in [1.807, 2.05) is 36.4 Å². The van der Waals surface area contributed by atoms with Crippen LogP contribution in [0.15, 0.2) is 73.1 Å². The minimum Gasteiger partial charge on any atom is -0.489 e. The number of para-hydroxylation sites is 1. The summed E-state index contributed by atoms with van der Waals surface area (Å²) in [5, 5.41) is 3.20. The summed E-state index contributed by atoms with van der Waals surface area (Å²) in [5.74, 6) is 1.51. The Hall–Kier alpha value is -2.88. The van der Waals surface area contributed by atoms with Crippen molar-refractivity contribution in [3.8, 4) is 5.75 Å². The molecule has 4 heteroatoms. The smallest absolute Gasteiger partial charge is 0.222 e. The molecule has 0 spiro atoms. The Labute approximate surface area is 129 Å². The Balaban J connectivity index is 1.58. The minimum atomic E-state index is 0.555. The van der Waals surface area contributed by atoms with Gasteiger partial charge < -0.3 is 10.1 Å². The highest BCUT2D eigenvalue weighted by Gasteiger charge is 1.99. The topological polar surface area (TPSA) is 47.0 Å². The number of anilines is 1. The summed E-state index contributed by atoms with van der Waals surface area (Å²) >= 11 is 0. The Morgan fingerprint density at radius 1 is 0.818 bits per heavy atom. The highest BCUT2D eigenvalue weighted by molar-refractivity contribution is 5.29. The van der Waals surface area contributed by atoms with Crippen LogP contribution in [-0.4, -0.2) is 9.97 Å². The predicted molar refractivity (Wildman–Crippen MR) is 86.6 cm³/mol. The summed E-state index contributed by atoms with van der Waals surface area (Å²) in [7, 11) is 0. The summed E-state index contributed by atoms with van der Waals surface area (Å²) in [6.07, 6.45) is 3.44. The third-order valence-corrected chi connectivity index (χ3v) is 3.16. The van der Waals surface area contributed by atoms with Gasteiger partial charge in [-0.15, -0.1) is 0 Å². The maximum atomic E-state index is 5.76. The molecule has 0 bridgehead atoms. The summed E-state index contributed by atoms with van der Waals surface area (Å²) in [6.45, 7) is 1.24. The van der Waals surface area contributed by atoms with Gasteiger partial charge >= 0.3 is 0 Å². The van der Waals surface area contributed by atoms with E-state index in [0.717, 1.165) is 11.3 Å². The van der Waals surface area contributed by atoms with Crippen molar-refractivity contribution < 1.29 is 4.74 Å². The molecular weight excluding hydrogens is 274 g/mol. The monoisotopic (exact) mass is 291 g/mol. The van der Waals surface area contributed by atoms with Crippen LogP contribution in [0.1, 0.15) is 11.1 Å². The van der Waals surface area contributed by atoms with E-state index >= 15 is 0 Å². The fourth-order valence-corrected chi connectivity index (χ4v) is 2.08. The van der Waals surface area contributed by atoms with Crippen molar-refractivity contribution in [2.45, 2.75) is 13.2 Å². The molecule has 22 heavy (non-hydrogen) atoms. The van der Waals surface area contributed by atoms with Crippen LogP contribution in [0.25, 0.3) is 0 Å². The molecular formula is C18H17N3O. The zero-order valence-corrected chi connectivity index (χ0v) is 12.1. The second-order valence-corrected chi connectivity index (χ2v) is 4.85. The Kier molecular flexibility index (Phi) is 4.62. The molecule has 0 aliphatic carbocycles. The van der Waals surface area contributed by atoms with E-state index in [-0.39, 0.29) is 0 Å². The molecule has 1 aromatic heterocycles. The van der Waals surface area contributed by atoms with E-state index in [9.17, 15) is 0 Å². The second-order valence-electron chi connectivity index (χ2n) is 4.85. The SMILES string of the molecule is c1ccc(OCc2cccc(CNc3ncccn3)c2)cc1. The fraction of sp³-hybridized carbons (Fsp3) is 0.111. The number of nitrogens with one attached hydrogen (secondary N) is 1. The van der Waals surface area contributed by atoms with Crippen LogP contribution in [0.5, 0.6) is 5.75 Å². The number of rotatable bonds is 6. The first kappa shape index (κ1) is 14.1. The van der Waals surface area contributed by atoms with Crippen molar-refractivity contribution >= 4 is 5.95 Å². The van der Waals surface area contributed by atoms with Crippen LogP contribution in [-0.2, 0) is 13.2 Å². The zero-order valence-electron chi connectivity index (χ0n) is 12.1. The molecule has 1 heterocycles. The number of ether oxygens (including phenoxy) is 1. The molecule has 2 aromatic carbocycles. The number of benzene rings is 2. The number of aromatic nitrogens is 2. The number of nitrogens with zero attached hydrogens (tertiary/aromatic N) is 2. The van der Waals surface area contributed by atoms with Crippen LogP contribution in [0, 0.1) is 0 Å². The van der Waals surface area contributed by atoms with Crippen LogP contribution >= 0.6 is 0 Å². The van der Waals surface area contributed by atoms with Crippen molar-refractivity contribution in [2.75, 3.05) is 5.32 Å². The molecule has 0 saturated heterocycles. The van der Waals surface area contributed by atoms with Gasteiger partial charge in [-0.2, -0.15) is 0 Å². The quantitative estimate of drug-likeness (QED) is 0.753. The Bertz CT molecular complexity index is 643. The maximum absolute atomic E-state index is 5.76. The lowest BCUT2D eigenvalue weighted by Crippen LogP contribution is -2.04. The molecule has 0 aliphatic rings. The van der Waals surface area contributed by atoms with E-state index in [0.29, 0.717) is 19.1 Å². The molecule has 0 atom stereocenters. The van der Waals surface area contributed by atoms with Crippen molar-refractivity contribution in [1.82, 2.24) is 9.97 Å². The lowest BCUT2D eigenvalue weighted by molar-refractivity contribution is 0.306. The summed E-state index contributed by atoms with van der Waals surface area (Å²) in [6, 6.07) is 19.9. The van der Waals surface area contributed by atoms with Gasteiger partial charge in [-0.05, 0) is 29.3 Å². The summed E-state index contributed by atoms with van der Waals surface area (Å²) in [4.78, 5) is 8.29. The van der Waals surface area contributed by atoms with Gasteiger partial charge in [-0.25, -0.2) is 9.97 Å². The molecule has 0 fully saturated rings. The molecule has 4 nitrogen and oxygen atoms in total. The predicted octanol–water partition coefficient (Wildman–Crippen LogP) is 3.67. The van der Waals surface area contributed by atoms with E-state index in [2.05, 4.69) is 33.5 Å². The van der Waals surface area contributed by atoms with Crippen molar-refractivity contribution in [2.24, 2.45) is 0 Å². The van der Waals surface area contributed by atoms with Crippen molar-refractivity contribution in [1.29, 1.82) is 0 Å². The van der Waals surface area contributed by atoms with Crippen LogP contribution < -0.4 is 10.1 Å². The average molecular weight is 291 g/mol. The van der Waals surface area contributed by atoms with E-state index in [4.69, 9.17) is 4.74 Å². The van der Waals surface area contributed by atoms with Gasteiger partial charge in [0.05, 0.1) is 0 Å². The van der Waals surface area contributed by atoms with Gasteiger partial charge in [0.1, 0.15) is 12.4 Å². The second kappa shape index (κ2) is 7.22. The van der Waals surface area contributed by atoms with E-state index in [1.54, 1.807) is 18.5 Å². The minimum absolute atomic E-state index is 0.555. The van der Waals surface area contributed by atoms with Gasteiger partial charge in [0.15, 0.2) is 0 Å². The molecule has 3 rings (SSSR count). The van der Waals surface area contributed by atoms with Gasteiger partial charge in [0.2, 0.25) is 5.95 Å². The summed E-state index contributed by atoms with van der Waals surface area (Å²) < 4.78 is 5.76. The van der Waals surface area contributed by atoms with Crippen molar-refractivity contribution in [3.05, 3.63) is 84.2 Å². The maximum Gasteiger partial charge on any atom is 0.222 e. The third-order valence-electron chi connectivity index (χ3n) is 3.16. The Morgan fingerprint density at radius 3 is 2.41 bits per heavy atom. The highest BCUT2D eigenvalue weighted by Crippen LogP contribution is 2.13. The lowest BCUT2D eigenvalue weighted by Gasteiger charge is -2.08. The molecule has 0 radical (unpaired) electrons. The molecule has 3 aromatic rings. The standard InChI is InChI=1S/C18H17N3O/c1-2-8-17(9-3-1)22-14-16-7-4-6-15(12-16)13-21-18-19-10-5-11-20-18/h1-12H,13-14H2,(H,19,20,21). The molecule has 110 valence electrons. The molecule has 0 amide bonds. The normalized spacial score (nSPS) is 10.2. The Morgan fingerprint density at radius 2 is 1.59 bits per heavy atom. The molecule has 0 unspecified atom stereocenters. The summed E-state index contributed by atoms with van der Waals surface area (Å²) in [5.41, 5.74) is 2.30. The lowest BCUT2D eigenvalue weighted by atomic mass is 10.1.